The zero-order chi connectivity index (χ0) is 13.1. The number of nitrogens with zero attached hydrogens (tertiary/aromatic N) is 2. The lowest BCUT2D eigenvalue weighted by Gasteiger charge is -2.09. The smallest absolute Gasteiger partial charge is 0.0663 e. The highest BCUT2D eigenvalue weighted by molar-refractivity contribution is 6.31. The van der Waals surface area contributed by atoms with Gasteiger partial charge in [-0.2, -0.15) is 5.10 Å². The molecule has 0 spiro atoms. The number of hydrogen-bond donors (Lipinski definition) is 1. The molecule has 0 aliphatic carbocycles. The maximum Gasteiger partial charge on any atom is 0.0663 e. The zero-order valence-corrected chi connectivity index (χ0v) is 11.5. The van der Waals surface area contributed by atoms with Crippen molar-refractivity contribution in [1.82, 2.24) is 9.78 Å². The summed E-state index contributed by atoms with van der Waals surface area (Å²) in [6.07, 6.45) is 3.88. The minimum absolute atomic E-state index is 0.523. The van der Waals surface area contributed by atoms with Gasteiger partial charge in [0.1, 0.15) is 0 Å². The molecular weight excluding hydrogens is 246 g/mol. The molecule has 1 aromatic heterocycles. The van der Waals surface area contributed by atoms with Crippen LogP contribution in [0.3, 0.4) is 0 Å². The van der Waals surface area contributed by atoms with Gasteiger partial charge in [0.15, 0.2) is 0 Å². The van der Waals surface area contributed by atoms with E-state index in [1.807, 2.05) is 36.0 Å². The van der Waals surface area contributed by atoms with Crippen molar-refractivity contribution in [2.75, 3.05) is 0 Å². The van der Waals surface area contributed by atoms with Crippen LogP contribution in [-0.2, 0) is 13.0 Å². The van der Waals surface area contributed by atoms with Crippen molar-refractivity contribution in [1.29, 1.82) is 0 Å². The summed E-state index contributed by atoms with van der Waals surface area (Å²) in [6.45, 7) is 4.67. The van der Waals surface area contributed by atoms with Gasteiger partial charge in [-0.05, 0) is 31.0 Å². The summed E-state index contributed by atoms with van der Waals surface area (Å²) in [4.78, 5) is 0. The summed E-state index contributed by atoms with van der Waals surface area (Å²) in [5.41, 5.74) is 10.1. The van der Waals surface area contributed by atoms with Crippen molar-refractivity contribution >= 4 is 11.6 Å². The van der Waals surface area contributed by atoms with Gasteiger partial charge < -0.3 is 5.73 Å². The molecule has 1 aromatic carbocycles. The standard InChI is InChI=1S/C14H18ClN3/c1-3-4-14-11(8-16)9-17-18(14)12-6-5-10(2)13(15)7-12/h5-7,9H,3-4,8,16H2,1-2H3. The normalized spacial score (nSPS) is 10.9. The number of benzene rings is 1. The maximum absolute atomic E-state index is 6.17. The van der Waals surface area contributed by atoms with Gasteiger partial charge in [-0.1, -0.05) is 31.0 Å². The van der Waals surface area contributed by atoms with E-state index < -0.39 is 0 Å². The fourth-order valence-electron chi connectivity index (χ4n) is 2.02. The molecular formula is C14H18ClN3. The van der Waals surface area contributed by atoms with Crippen LogP contribution in [0.1, 0.15) is 30.2 Å². The predicted molar refractivity (Wildman–Crippen MR) is 75.2 cm³/mol. The Kier molecular flexibility index (Phi) is 4.04. The molecule has 1 heterocycles. The van der Waals surface area contributed by atoms with Gasteiger partial charge in [0.2, 0.25) is 0 Å². The van der Waals surface area contributed by atoms with Gasteiger partial charge in [-0.15, -0.1) is 0 Å². The number of nitrogens with two attached hydrogens (primary N) is 1. The third-order valence-electron chi connectivity index (χ3n) is 3.06. The largest absolute Gasteiger partial charge is 0.326 e. The number of aromatic nitrogens is 2. The molecule has 2 aromatic rings. The average Bonchev–Trinajstić information content (AvgIpc) is 2.76. The lowest BCUT2D eigenvalue weighted by atomic mass is 10.1. The Bertz CT molecular complexity index is 546. The van der Waals surface area contributed by atoms with Crippen LogP contribution in [0.15, 0.2) is 24.4 Å². The first-order valence-corrected chi connectivity index (χ1v) is 6.57. The van der Waals surface area contributed by atoms with Crippen LogP contribution < -0.4 is 5.73 Å². The van der Waals surface area contributed by atoms with Gasteiger partial charge in [-0.3, -0.25) is 0 Å². The lowest BCUT2D eigenvalue weighted by Crippen LogP contribution is -2.06. The molecule has 0 bridgehead atoms. The third kappa shape index (κ3) is 2.42. The van der Waals surface area contributed by atoms with E-state index >= 15 is 0 Å². The fourth-order valence-corrected chi connectivity index (χ4v) is 2.19. The summed E-state index contributed by atoms with van der Waals surface area (Å²) in [5.74, 6) is 0. The molecule has 0 saturated heterocycles. The van der Waals surface area contributed by atoms with Crippen LogP contribution in [0.2, 0.25) is 5.02 Å². The van der Waals surface area contributed by atoms with Crippen molar-refractivity contribution < 1.29 is 0 Å². The van der Waals surface area contributed by atoms with Crippen LogP contribution in [0.4, 0.5) is 0 Å². The first-order valence-electron chi connectivity index (χ1n) is 6.19. The second-order valence-corrected chi connectivity index (χ2v) is 4.82. The predicted octanol–water partition coefficient (Wildman–Crippen LogP) is 3.25. The first-order chi connectivity index (χ1) is 8.67. The quantitative estimate of drug-likeness (QED) is 0.920. The van der Waals surface area contributed by atoms with E-state index in [-0.39, 0.29) is 0 Å². The number of rotatable bonds is 4. The van der Waals surface area contributed by atoms with Gasteiger partial charge >= 0.3 is 0 Å². The molecule has 0 amide bonds. The number of hydrogen-bond acceptors (Lipinski definition) is 2. The molecule has 0 unspecified atom stereocenters. The molecule has 0 saturated carbocycles. The Morgan fingerprint density at radius 2 is 2.17 bits per heavy atom. The Balaban J connectivity index is 2.49. The Labute approximate surface area is 113 Å². The molecule has 0 aliphatic heterocycles. The molecule has 4 heteroatoms. The summed E-state index contributed by atoms with van der Waals surface area (Å²) < 4.78 is 1.94. The van der Waals surface area contributed by atoms with Gasteiger partial charge in [0.05, 0.1) is 11.9 Å². The summed E-state index contributed by atoms with van der Waals surface area (Å²) in [5, 5.41) is 5.19. The number of aryl methyl sites for hydroxylation is 1. The second kappa shape index (κ2) is 5.55. The Morgan fingerprint density at radius 3 is 2.78 bits per heavy atom. The molecule has 2 rings (SSSR count). The monoisotopic (exact) mass is 263 g/mol. The van der Waals surface area contributed by atoms with Crippen molar-refractivity contribution in [2.24, 2.45) is 5.73 Å². The van der Waals surface area contributed by atoms with Gasteiger partial charge in [0.25, 0.3) is 0 Å². The molecule has 2 N–H and O–H groups in total. The molecule has 0 fully saturated rings. The van der Waals surface area contributed by atoms with Crippen molar-refractivity contribution in [2.45, 2.75) is 33.2 Å². The first kappa shape index (κ1) is 13.1. The highest BCUT2D eigenvalue weighted by Crippen LogP contribution is 2.22. The van der Waals surface area contributed by atoms with Gasteiger partial charge in [-0.25, -0.2) is 4.68 Å². The Hall–Kier alpha value is -1.32. The van der Waals surface area contributed by atoms with Crippen molar-refractivity contribution in [3.05, 3.63) is 46.2 Å². The van der Waals surface area contributed by atoms with Crippen LogP contribution in [-0.4, -0.2) is 9.78 Å². The van der Waals surface area contributed by atoms with E-state index in [0.717, 1.165) is 34.7 Å². The van der Waals surface area contributed by atoms with Crippen molar-refractivity contribution in [3.8, 4) is 5.69 Å². The van der Waals surface area contributed by atoms with Crippen LogP contribution >= 0.6 is 11.6 Å². The van der Waals surface area contributed by atoms with Crippen LogP contribution in [0.25, 0.3) is 5.69 Å². The summed E-state index contributed by atoms with van der Waals surface area (Å²) >= 11 is 6.17. The molecule has 96 valence electrons. The molecule has 0 aliphatic rings. The summed E-state index contributed by atoms with van der Waals surface area (Å²) in [7, 11) is 0. The minimum Gasteiger partial charge on any atom is -0.326 e. The minimum atomic E-state index is 0.523. The summed E-state index contributed by atoms with van der Waals surface area (Å²) in [6, 6.07) is 5.99. The maximum atomic E-state index is 6.17. The van der Waals surface area contributed by atoms with E-state index in [0.29, 0.717) is 6.54 Å². The highest BCUT2D eigenvalue weighted by Gasteiger charge is 2.11. The van der Waals surface area contributed by atoms with Crippen LogP contribution in [0, 0.1) is 6.92 Å². The van der Waals surface area contributed by atoms with E-state index in [1.54, 1.807) is 0 Å². The van der Waals surface area contributed by atoms with E-state index in [9.17, 15) is 0 Å². The Morgan fingerprint density at radius 1 is 1.39 bits per heavy atom. The fraction of sp³-hybridized carbons (Fsp3) is 0.357. The van der Waals surface area contributed by atoms with Crippen LogP contribution in [0.5, 0.6) is 0 Å². The average molecular weight is 264 g/mol. The van der Waals surface area contributed by atoms with E-state index in [2.05, 4.69) is 12.0 Å². The highest BCUT2D eigenvalue weighted by atomic mass is 35.5. The molecule has 3 nitrogen and oxygen atoms in total. The van der Waals surface area contributed by atoms with E-state index in [1.165, 1.54) is 5.69 Å². The lowest BCUT2D eigenvalue weighted by molar-refractivity contribution is 0.767. The van der Waals surface area contributed by atoms with Crippen molar-refractivity contribution in [3.63, 3.8) is 0 Å². The SMILES string of the molecule is CCCc1c(CN)cnn1-c1ccc(C)c(Cl)c1. The zero-order valence-electron chi connectivity index (χ0n) is 10.8. The topological polar surface area (TPSA) is 43.8 Å². The number of halogens is 1. The van der Waals surface area contributed by atoms with Gasteiger partial charge in [0, 0.05) is 22.8 Å². The molecule has 0 radical (unpaired) electrons. The molecule has 0 atom stereocenters. The van der Waals surface area contributed by atoms with E-state index in [4.69, 9.17) is 17.3 Å². The second-order valence-electron chi connectivity index (χ2n) is 4.42. The third-order valence-corrected chi connectivity index (χ3v) is 3.47. The molecule has 18 heavy (non-hydrogen) atoms.